The van der Waals surface area contributed by atoms with Crippen LogP contribution < -0.4 is 10.6 Å². The summed E-state index contributed by atoms with van der Waals surface area (Å²) in [6.45, 7) is 7.80. The van der Waals surface area contributed by atoms with Gasteiger partial charge in [0.1, 0.15) is 5.00 Å². The van der Waals surface area contributed by atoms with Crippen LogP contribution in [-0.4, -0.2) is 28.0 Å². The number of methoxy groups -OCH3 is 1. The lowest BCUT2D eigenvalue weighted by Gasteiger charge is -2.18. The molecule has 146 valence electrons. The molecular formula is C19H26N4O2S2. The van der Waals surface area contributed by atoms with Gasteiger partial charge in [0, 0.05) is 29.2 Å². The molecule has 2 heterocycles. The summed E-state index contributed by atoms with van der Waals surface area (Å²) in [4.78, 5) is 13.6. The minimum absolute atomic E-state index is 0.299. The van der Waals surface area contributed by atoms with Gasteiger partial charge in [-0.15, -0.1) is 11.3 Å². The average molecular weight is 407 g/mol. The molecule has 1 unspecified atom stereocenters. The number of thiophene rings is 1. The van der Waals surface area contributed by atoms with Gasteiger partial charge in [0.25, 0.3) is 0 Å². The topological polar surface area (TPSA) is 68.2 Å². The lowest BCUT2D eigenvalue weighted by atomic mass is 9.88. The Labute approximate surface area is 169 Å². The number of carbonyl (C=O) groups excluding carboxylic acids is 1. The van der Waals surface area contributed by atoms with E-state index in [0.717, 1.165) is 47.6 Å². The van der Waals surface area contributed by atoms with Crippen LogP contribution in [0.15, 0.2) is 6.20 Å². The molecule has 8 heteroatoms. The number of nitrogens with one attached hydrogen (secondary N) is 2. The van der Waals surface area contributed by atoms with Crippen LogP contribution in [0.3, 0.4) is 0 Å². The molecule has 0 fully saturated rings. The molecular weight excluding hydrogens is 380 g/mol. The van der Waals surface area contributed by atoms with Crippen LogP contribution >= 0.6 is 23.6 Å². The van der Waals surface area contributed by atoms with Crippen LogP contribution in [0.1, 0.15) is 52.3 Å². The Morgan fingerprint density at radius 1 is 1.52 bits per heavy atom. The van der Waals surface area contributed by atoms with Gasteiger partial charge in [-0.1, -0.05) is 6.92 Å². The monoisotopic (exact) mass is 406 g/mol. The number of hydrogen-bond acceptors (Lipinski definition) is 5. The highest BCUT2D eigenvalue weighted by atomic mass is 32.1. The summed E-state index contributed by atoms with van der Waals surface area (Å²) >= 11 is 7.08. The van der Waals surface area contributed by atoms with E-state index >= 15 is 0 Å². The van der Waals surface area contributed by atoms with Gasteiger partial charge in [-0.05, 0) is 56.8 Å². The van der Waals surface area contributed by atoms with Crippen molar-refractivity contribution in [3.8, 4) is 0 Å². The third-order valence-corrected chi connectivity index (χ3v) is 6.49. The molecule has 0 aliphatic heterocycles. The summed E-state index contributed by atoms with van der Waals surface area (Å²) in [5.74, 6) is 0.338. The predicted molar refractivity (Wildman–Crippen MR) is 113 cm³/mol. The van der Waals surface area contributed by atoms with E-state index in [1.807, 2.05) is 17.8 Å². The molecule has 2 N–H and O–H groups in total. The molecule has 0 radical (unpaired) electrons. The van der Waals surface area contributed by atoms with E-state index in [1.165, 1.54) is 12.0 Å². The SMILES string of the molecule is CCn1ncc(CNC(=S)Nc2sc3c(c2C(=O)OC)CCC(C)C3)c1C. The quantitative estimate of drug-likeness (QED) is 0.583. The maximum absolute atomic E-state index is 12.4. The number of hydrogen-bond donors (Lipinski definition) is 2. The molecule has 0 spiro atoms. The van der Waals surface area contributed by atoms with Crippen molar-refractivity contribution in [3.63, 3.8) is 0 Å². The molecule has 0 amide bonds. The zero-order valence-electron chi connectivity index (χ0n) is 16.2. The zero-order chi connectivity index (χ0) is 19.6. The summed E-state index contributed by atoms with van der Waals surface area (Å²) in [6.07, 6.45) is 4.87. The molecule has 2 aromatic rings. The highest BCUT2D eigenvalue weighted by Gasteiger charge is 2.28. The first-order chi connectivity index (χ1) is 12.9. The Hall–Kier alpha value is -1.93. The van der Waals surface area contributed by atoms with Crippen LogP contribution in [-0.2, 0) is 30.7 Å². The number of anilines is 1. The number of nitrogens with zero attached hydrogens (tertiary/aromatic N) is 2. The Morgan fingerprint density at radius 2 is 2.30 bits per heavy atom. The molecule has 0 saturated heterocycles. The van der Waals surface area contributed by atoms with E-state index in [0.29, 0.717) is 23.1 Å². The highest BCUT2D eigenvalue weighted by molar-refractivity contribution is 7.80. The van der Waals surface area contributed by atoms with Crippen molar-refractivity contribution in [1.29, 1.82) is 0 Å². The Bertz CT molecular complexity index is 856. The molecule has 3 rings (SSSR count). The fourth-order valence-corrected chi connectivity index (χ4v) is 5.10. The number of thiocarbonyl (C=S) groups is 1. The maximum Gasteiger partial charge on any atom is 0.341 e. The normalized spacial score (nSPS) is 15.9. The Balaban J connectivity index is 1.73. The average Bonchev–Trinajstić information content (AvgIpc) is 3.18. The van der Waals surface area contributed by atoms with E-state index in [2.05, 4.69) is 29.6 Å². The van der Waals surface area contributed by atoms with Crippen LogP contribution in [0.25, 0.3) is 0 Å². The fraction of sp³-hybridized carbons (Fsp3) is 0.526. The summed E-state index contributed by atoms with van der Waals surface area (Å²) in [5.41, 5.74) is 4.00. The maximum atomic E-state index is 12.4. The standard InChI is InChI=1S/C19H26N4O2S2/c1-5-23-12(3)13(10-21-23)9-20-19(26)22-17-16(18(24)25-4)14-7-6-11(2)8-15(14)27-17/h10-11H,5-9H2,1-4H3,(H2,20,22,26). The lowest BCUT2D eigenvalue weighted by molar-refractivity contribution is 0.0601. The third-order valence-electron chi connectivity index (χ3n) is 5.07. The van der Waals surface area contributed by atoms with Crippen molar-refractivity contribution in [2.45, 2.75) is 53.1 Å². The number of rotatable bonds is 5. The van der Waals surface area contributed by atoms with Gasteiger partial charge in [-0.25, -0.2) is 4.79 Å². The summed E-state index contributed by atoms with van der Waals surface area (Å²) < 4.78 is 6.98. The van der Waals surface area contributed by atoms with Crippen LogP contribution in [0, 0.1) is 12.8 Å². The van der Waals surface area contributed by atoms with Gasteiger partial charge in [-0.2, -0.15) is 5.10 Å². The van der Waals surface area contributed by atoms with Gasteiger partial charge in [0.15, 0.2) is 5.11 Å². The van der Waals surface area contributed by atoms with Crippen LogP contribution in [0.4, 0.5) is 5.00 Å². The largest absolute Gasteiger partial charge is 0.465 e. The molecule has 1 atom stereocenters. The second kappa shape index (κ2) is 8.39. The van der Waals surface area contributed by atoms with Gasteiger partial charge >= 0.3 is 5.97 Å². The van der Waals surface area contributed by atoms with E-state index in [-0.39, 0.29) is 5.97 Å². The van der Waals surface area contributed by atoms with Crippen LogP contribution in [0.5, 0.6) is 0 Å². The third kappa shape index (κ3) is 4.16. The molecule has 0 bridgehead atoms. The minimum Gasteiger partial charge on any atom is -0.465 e. The molecule has 0 saturated carbocycles. The van der Waals surface area contributed by atoms with Gasteiger partial charge in [-0.3, -0.25) is 4.68 Å². The Morgan fingerprint density at radius 3 is 2.96 bits per heavy atom. The van der Waals surface area contributed by atoms with E-state index in [4.69, 9.17) is 17.0 Å². The van der Waals surface area contributed by atoms with E-state index < -0.39 is 0 Å². The molecule has 2 aromatic heterocycles. The van der Waals surface area contributed by atoms with Crippen molar-refractivity contribution in [3.05, 3.63) is 33.5 Å². The second-order valence-corrected chi connectivity index (χ2v) is 8.44. The smallest absolute Gasteiger partial charge is 0.341 e. The highest BCUT2D eigenvalue weighted by Crippen LogP contribution is 2.40. The van der Waals surface area contributed by atoms with Crippen molar-refractivity contribution < 1.29 is 9.53 Å². The minimum atomic E-state index is -0.299. The molecule has 0 aromatic carbocycles. The predicted octanol–water partition coefficient (Wildman–Crippen LogP) is 3.67. The van der Waals surface area contributed by atoms with Gasteiger partial charge in [0.05, 0.1) is 18.9 Å². The van der Waals surface area contributed by atoms with E-state index in [9.17, 15) is 4.79 Å². The first kappa shape index (κ1) is 19.8. The van der Waals surface area contributed by atoms with Crippen molar-refractivity contribution in [1.82, 2.24) is 15.1 Å². The van der Waals surface area contributed by atoms with Crippen molar-refractivity contribution >= 4 is 39.6 Å². The van der Waals surface area contributed by atoms with E-state index in [1.54, 1.807) is 11.3 Å². The number of fused-ring (bicyclic) bond motifs is 1. The molecule has 27 heavy (non-hydrogen) atoms. The zero-order valence-corrected chi connectivity index (χ0v) is 17.9. The van der Waals surface area contributed by atoms with Gasteiger partial charge < -0.3 is 15.4 Å². The van der Waals surface area contributed by atoms with Crippen molar-refractivity contribution in [2.24, 2.45) is 5.92 Å². The summed E-state index contributed by atoms with van der Waals surface area (Å²) in [5, 5.41) is 12.1. The number of carbonyl (C=O) groups is 1. The summed E-state index contributed by atoms with van der Waals surface area (Å²) in [7, 11) is 1.42. The molecule has 1 aliphatic carbocycles. The number of aromatic nitrogens is 2. The van der Waals surface area contributed by atoms with Gasteiger partial charge in [0.2, 0.25) is 0 Å². The number of esters is 1. The molecule has 6 nitrogen and oxygen atoms in total. The first-order valence-corrected chi connectivity index (χ1v) is 10.5. The second-order valence-electron chi connectivity index (χ2n) is 6.93. The molecule has 1 aliphatic rings. The van der Waals surface area contributed by atoms with Crippen molar-refractivity contribution in [2.75, 3.05) is 12.4 Å². The van der Waals surface area contributed by atoms with Crippen LogP contribution in [0.2, 0.25) is 0 Å². The Kier molecular flexibility index (Phi) is 6.16. The summed E-state index contributed by atoms with van der Waals surface area (Å²) in [6, 6.07) is 0. The first-order valence-electron chi connectivity index (χ1n) is 9.23. The number of ether oxygens (including phenoxy) is 1. The fourth-order valence-electron chi connectivity index (χ4n) is 3.46. The number of aryl methyl sites for hydroxylation is 1. The lowest BCUT2D eigenvalue weighted by Crippen LogP contribution is -2.28.